The number of anilines is 2. The van der Waals surface area contributed by atoms with E-state index in [2.05, 4.69) is 10.2 Å². The van der Waals surface area contributed by atoms with E-state index in [4.69, 9.17) is 9.47 Å². The van der Waals surface area contributed by atoms with Gasteiger partial charge in [-0.25, -0.2) is 4.79 Å². The largest absolute Gasteiger partial charge is 0.479 e. The van der Waals surface area contributed by atoms with E-state index in [1.54, 1.807) is 12.1 Å². The molecule has 1 amide bonds. The number of ketones is 1. The first-order valence-electron chi connectivity index (χ1n) is 9.31. The first kappa shape index (κ1) is 19.7. The number of Topliss-reactive ketones (excluding diaryl/α,β-unsaturated/α-hetero) is 1. The van der Waals surface area contributed by atoms with E-state index in [0.717, 1.165) is 11.3 Å². The summed E-state index contributed by atoms with van der Waals surface area (Å²) in [4.78, 5) is 26.1. The van der Waals surface area contributed by atoms with Crippen LogP contribution < -0.4 is 15.0 Å². The Morgan fingerprint density at radius 3 is 2.54 bits per heavy atom. The second kappa shape index (κ2) is 7.92. The molecule has 1 N–H and O–H groups in total. The van der Waals surface area contributed by atoms with E-state index in [0.29, 0.717) is 24.5 Å². The Hall–Kier alpha value is -3.02. The van der Waals surface area contributed by atoms with Crippen LogP contribution >= 0.6 is 0 Å². The van der Waals surface area contributed by atoms with Gasteiger partial charge in [0.1, 0.15) is 11.4 Å². The highest BCUT2D eigenvalue weighted by Gasteiger charge is 2.29. The molecule has 2 aromatic carbocycles. The molecule has 1 aliphatic rings. The minimum atomic E-state index is -0.574. The maximum Gasteiger partial charge on any atom is 0.412 e. The number of rotatable bonds is 4. The molecule has 1 heterocycles. The lowest BCUT2D eigenvalue weighted by molar-refractivity contribution is -0.123. The van der Waals surface area contributed by atoms with Gasteiger partial charge in [0, 0.05) is 12.2 Å². The van der Waals surface area contributed by atoms with Gasteiger partial charge in [-0.15, -0.1) is 0 Å². The van der Waals surface area contributed by atoms with Crippen LogP contribution in [0.5, 0.6) is 5.75 Å². The van der Waals surface area contributed by atoms with E-state index in [1.165, 1.54) is 6.92 Å². The summed E-state index contributed by atoms with van der Waals surface area (Å²) < 4.78 is 11.2. The smallest absolute Gasteiger partial charge is 0.412 e. The van der Waals surface area contributed by atoms with Crippen LogP contribution in [0.25, 0.3) is 0 Å². The van der Waals surface area contributed by atoms with E-state index in [-0.39, 0.29) is 5.78 Å². The van der Waals surface area contributed by atoms with Crippen molar-refractivity contribution < 1.29 is 19.1 Å². The fourth-order valence-corrected chi connectivity index (χ4v) is 3.02. The summed E-state index contributed by atoms with van der Waals surface area (Å²) >= 11 is 0. The van der Waals surface area contributed by atoms with Crippen molar-refractivity contribution in [3.05, 3.63) is 54.1 Å². The number of benzene rings is 2. The highest BCUT2D eigenvalue weighted by atomic mass is 16.6. The van der Waals surface area contributed by atoms with E-state index in [1.807, 2.05) is 57.2 Å². The van der Waals surface area contributed by atoms with Crippen molar-refractivity contribution in [1.29, 1.82) is 0 Å². The van der Waals surface area contributed by atoms with E-state index < -0.39 is 17.8 Å². The van der Waals surface area contributed by atoms with Crippen LogP contribution in [0.2, 0.25) is 0 Å². The molecule has 0 aliphatic carbocycles. The predicted octanol–water partition coefficient (Wildman–Crippen LogP) is 4.39. The monoisotopic (exact) mass is 382 g/mol. The van der Waals surface area contributed by atoms with Gasteiger partial charge in [-0.05, 0) is 51.5 Å². The molecule has 0 spiro atoms. The normalized spacial score (nSPS) is 16.0. The molecule has 0 unspecified atom stereocenters. The lowest BCUT2D eigenvalue weighted by Gasteiger charge is -2.35. The lowest BCUT2D eigenvalue weighted by Crippen LogP contribution is -2.43. The summed E-state index contributed by atoms with van der Waals surface area (Å²) in [6.07, 6.45) is -1.03. The maximum atomic E-state index is 12.1. The number of nitrogens with zero attached hydrogens (tertiary/aromatic N) is 1. The quantitative estimate of drug-likeness (QED) is 0.849. The zero-order valence-electron chi connectivity index (χ0n) is 16.7. The summed E-state index contributed by atoms with van der Waals surface area (Å²) in [5, 5.41) is 2.76. The molecule has 0 bridgehead atoms. The van der Waals surface area contributed by atoms with Gasteiger partial charge in [-0.1, -0.05) is 30.3 Å². The van der Waals surface area contributed by atoms with Gasteiger partial charge in [-0.2, -0.15) is 0 Å². The third-order valence-electron chi connectivity index (χ3n) is 4.27. The average Bonchev–Trinajstić information content (AvgIpc) is 2.61. The van der Waals surface area contributed by atoms with Crippen LogP contribution in [0.4, 0.5) is 16.2 Å². The second-order valence-electron chi connectivity index (χ2n) is 7.89. The third kappa shape index (κ3) is 5.03. The zero-order chi connectivity index (χ0) is 20.3. The average molecular weight is 382 g/mol. The molecule has 3 rings (SSSR count). The maximum absolute atomic E-state index is 12.1. The van der Waals surface area contributed by atoms with Gasteiger partial charge in [0.05, 0.1) is 12.2 Å². The number of hydrogen-bond donors (Lipinski definition) is 1. The summed E-state index contributed by atoms with van der Waals surface area (Å²) in [7, 11) is 0. The minimum absolute atomic E-state index is 0.0142. The number of amides is 1. The zero-order valence-corrected chi connectivity index (χ0v) is 16.7. The number of ether oxygens (including phenoxy) is 2. The van der Waals surface area contributed by atoms with Crippen LogP contribution in [0, 0.1) is 0 Å². The molecule has 2 aromatic rings. The molecule has 0 aromatic heterocycles. The molecular formula is C22H26N2O4. The van der Waals surface area contributed by atoms with Gasteiger partial charge in [0.25, 0.3) is 0 Å². The Labute approximate surface area is 165 Å². The van der Waals surface area contributed by atoms with Crippen LogP contribution in [-0.2, 0) is 16.1 Å². The SMILES string of the molecule is CC(=O)[C@H]1CN(Cc2ccccc2)c2cc(NC(=O)OC(C)(C)C)ccc2O1. The Morgan fingerprint density at radius 2 is 1.89 bits per heavy atom. The van der Waals surface area contributed by atoms with Crippen LogP contribution in [0.1, 0.15) is 33.3 Å². The molecule has 6 nitrogen and oxygen atoms in total. The summed E-state index contributed by atoms with van der Waals surface area (Å²) in [6, 6.07) is 15.4. The molecule has 0 saturated carbocycles. The van der Waals surface area contributed by atoms with Crippen LogP contribution in [-0.4, -0.2) is 30.1 Å². The molecule has 0 radical (unpaired) electrons. The third-order valence-corrected chi connectivity index (χ3v) is 4.27. The highest BCUT2D eigenvalue weighted by Crippen LogP contribution is 2.37. The summed E-state index contributed by atoms with van der Waals surface area (Å²) in [5.41, 5.74) is 1.99. The Morgan fingerprint density at radius 1 is 1.18 bits per heavy atom. The van der Waals surface area contributed by atoms with Crippen molar-refractivity contribution >= 4 is 23.3 Å². The Balaban J connectivity index is 1.86. The van der Waals surface area contributed by atoms with Crippen molar-refractivity contribution in [3.63, 3.8) is 0 Å². The lowest BCUT2D eigenvalue weighted by atomic mass is 10.1. The molecule has 0 saturated heterocycles. The van der Waals surface area contributed by atoms with Crippen molar-refractivity contribution in [2.45, 2.75) is 45.9 Å². The second-order valence-corrected chi connectivity index (χ2v) is 7.89. The molecule has 6 heteroatoms. The minimum Gasteiger partial charge on any atom is -0.479 e. The fourth-order valence-electron chi connectivity index (χ4n) is 3.02. The van der Waals surface area contributed by atoms with Crippen molar-refractivity contribution in [1.82, 2.24) is 0 Å². The topological polar surface area (TPSA) is 67.9 Å². The summed E-state index contributed by atoms with van der Waals surface area (Å²) in [6.45, 7) is 8.07. The standard InChI is InChI=1S/C22H26N2O4/c1-15(25)20-14-24(13-16-8-6-5-7-9-16)18-12-17(10-11-19(18)27-20)23-21(26)28-22(2,3)4/h5-12,20H,13-14H2,1-4H3,(H,23,26)/t20-/m1/s1. The molecule has 1 aliphatic heterocycles. The first-order chi connectivity index (χ1) is 13.2. The molecule has 0 fully saturated rings. The molecular weight excluding hydrogens is 356 g/mol. The van der Waals surface area contributed by atoms with E-state index >= 15 is 0 Å². The van der Waals surface area contributed by atoms with Gasteiger partial charge >= 0.3 is 6.09 Å². The number of nitrogens with one attached hydrogen (secondary N) is 1. The van der Waals surface area contributed by atoms with Crippen molar-refractivity contribution in [3.8, 4) is 5.75 Å². The van der Waals surface area contributed by atoms with Crippen molar-refractivity contribution in [2.24, 2.45) is 0 Å². The number of hydrogen-bond acceptors (Lipinski definition) is 5. The van der Waals surface area contributed by atoms with E-state index in [9.17, 15) is 9.59 Å². The van der Waals surface area contributed by atoms with Crippen molar-refractivity contribution in [2.75, 3.05) is 16.8 Å². The van der Waals surface area contributed by atoms with Gasteiger partial charge < -0.3 is 14.4 Å². The van der Waals surface area contributed by atoms with Gasteiger partial charge in [-0.3, -0.25) is 10.1 Å². The highest BCUT2D eigenvalue weighted by molar-refractivity contribution is 5.87. The summed E-state index contributed by atoms with van der Waals surface area (Å²) in [5.74, 6) is 0.608. The Kier molecular flexibility index (Phi) is 5.58. The first-order valence-corrected chi connectivity index (χ1v) is 9.31. The predicted molar refractivity (Wildman–Crippen MR) is 109 cm³/mol. The molecule has 28 heavy (non-hydrogen) atoms. The Bertz CT molecular complexity index is 859. The molecule has 1 atom stereocenters. The number of fused-ring (bicyclic) bond motifs is 1. The number of carbonyl (C=O) groups excluding carboxylic acids is 2. The van der Waals surface area contributed by atoms with Gasteiger partial charge in [0.2, 0.25) is 0 Å². The van der Waals surface area contributed by atoms with Crippen LogP contribution in [0.15, 0.2) is 48.5 Å². The molecule has 148 valence electrons. The van der Waals surface area contributed by atoms with Crippen LogP contribution in [0.3, 0.4) is 0 Å². The number of carbonyl (C=O) groups is 2. The fraction of sp³-hybridized carbons (Fsp3) is 0.364. The van der Waals surface area contributed by atoms with Gasteiger partial charge in [0.15, 0.2) is 11.9 Å².